The first-order chi connectivity index (χ1) is 56.1. The molecular formula is C50H80N2O18S47. The van der Waals surface area contributed by atoms with Crippen molar-refractivity contribution in [1.29, 1.82) is 5.26 Å². The topological polar surface area (TPSA) is 252 Å². The Morgan fingerprint density at radius 3 is 0.897 bits per heavy atom. The number of non-ortho nitro benzene ring substituents is 1. The van der Waals surface area contributed by atoms with E-state index >= 15 is 0 Å². The third kappa shape index (κ3) is 50.2. The van der Waals surface area contributed by atoms with Crippen molar-refractivity contribution in [3.63, 3.8) is 0 Å². The number of benzene rings is 1. The molecule has 1 aromatic rings. The molecule has 25 atom stereocenters. The molecule has 0 radical (unpaired) electrons. The SMILES string of the molecule is CC#N.CC1[C@@H]2OCC(O2)[C@@H](C)[C@@H]1C.CC1[C@@H]2OCC(O2)[C@@H](C)[C@@H]1C.CC1[C@@H]2OCC(O2)[C@@H](O)[C@@H]1C.C[C@@H]1C2CO[C@H](O2)C(O)[C@H]1C.C[C@@H]1C2CO[C@H](O2)C(OS(=O)(=O)Oc2ccc([N+](=O)[O-])cc2)[C@H]1C.S=S=S=S=S=S=S=S.S=S=S=S=S=S=S=S=S=S=S=S.S=S=S=S=S=S=S=S=S=S=S=S=S.S=S=S=S=S=S=S=S=S=S=S=S=S. The van der Waals surface area contributed by atoms with Crippen LogP contribution in [0.25, 0.3) is 0 Å². The van der Waals surface area contributed by atoms with Gasteiger partial charge in [0.05, 0.1) is 74.5 Å². The van der Waals surface area contributed by atoms with E-state index in [2.05, 4.69) is 100 Å². The van der Waals surface area contributed by atoms with Gasteiger partial charge in [-0.25, -0.2) is 4.18 Å². The Hall–Kier alpha value is 7.46. The van der Waals surface area contributed by atoms with E-state index < -0.39 is 33.8 Å². The van der Waals surface area contributed by atoms with Crippen LogP contribution in [-0.2, 0) is 489 Å². The minimum Gasteiger partial charge on any atom is -0.390 e. The van der Waals surface area contributed by atoms with Gasteiger partial charge in [0.15, 0.2) is 31.5 Å². The number of hydrogen-bond acceptors (Lipinski definition) is 27. The molecule has 0 saturated carbocycles. The van der Waals surface area contributed by atoms with Crippen molar-refractivity contribution in [2.24, 2.45) is 71.0 Å². The summed E-state index contributed by atoms with van der Waals surface area (Å²) in [6.45, 7) is 30.3. The summed E-state index contributed by atoms with van der Waals surface area (Å²) in [7, 11) is 57.2. The number of aliphatic hydroxyl groups excluding tert-OH is 2. The lowest BCUT2D eigenvalue weighted by Gasteiger charge is -2.36. The van der Waals surface area contributed by atoms with Gasteiger partial charge in [0, 0.05) is 464 Å². The molecule has 11 rings (SSSR count). The van der Waals surface area contributed by atoms with Crippen molar-refractivity contribution < 1.29 is 79.3 Å². The van der Waals surface area contributed by atoms with Crippen LogP contribution in [0.5, 0.6) is 5.75 Å². The minimum atomic E-state index is -4.38. The van der Waals surface area contributed by atoms with Crippen LogP contribution in [-0.4, -0.2) is 137 Å². The summed E-state index contributed by atoms with van der Waals surface area (Å²) in [4.78, 5) is 10.0. The van der Waals surface area contributed by atoms with Crippen molar-refractivity contribution in [1.82, 2.24) is 0 Å². The largest absolute Gasteiger partial charge is 0.449 e. The number of nitrogens with zero attached hydrogens (tertiary/aromatic N) is 2. The summed E-state index contributed by atoms with van der Waals surface area (Å²) >= 11 is 37.4. The van der Waals surface area contributed by atoms with Crippen molar-refractivity contribution in [3.05, 3.63) is 34.4 Å². The molecule has 10 fully saturated rings. The summed E-state index contributed by atoms with van der Waals surface area (Å²) in [6, 6.07) is 6.41. The van der Waals surface area contributed by atoms with E-state index in [0.717, 1.165) is 37.2 Å². The maximum atomic E-state index is 12.1. The normalized spacial score (nSPS) is 30.7. The molecule has 10 unspecified atom stereocenters. The van der Waals surface area contributed by atoms with E-state index in [4.69, 9.17) is 106 Å². The lowest BCUT2D eigenvalue weighted by Crippen LogP contribution is -2.47. The number of nitro benzene ring substituents is 1. The molecule has 0 aromatic heterocycles. The van der Waals surface area contributed by atoms with Gasteiger partial charge in [-0.15, -0.1) is 0 Å². The molecule has 10 aliphatic heterocycles. The number of aliphatic hydroxyl groups is 2. The Morgan fingerprint density at radius 1 is 0.359 bits per heavy atom. The van der Waals surface area contributed by atoms with Gasteiger partial charge in [-0.3, -0.25) is 10.1 Å². The maximum absolute atomic E-state index is 12.1. The molecule has 2 N–H and O–H groups in total. The molecule has 10 bridgehead atoms. The van der Waals surface area contributed by atoms with Gasteiger partial charge in [-0.05, 0) is 65.4 Å². The van der Waals surface area contributed by atoms with E-state index in [1.165, 1.54) is 90.1 Å². The summed E-state index contributed by atoms with van der Waals surface area (Å²) in [6.07, 6.45) is -1.81. The zero-order valence-corrected chi connectivity index (χ0v) is 101. The summed E-state index contributed by atoms with van der Waals surface area (Å²) in [5, 5.41) is 37.1. The highest BCUT2D eigenvalue weighted by Crippen LogP contribution is 2.42. The Bertz CT molecular complexity index is 4900. The fourth-order valence-electron chi connectivity index (χ4n) is 10.8. The molecule has 20 nitrogen and oxygen atoms in total. The molecule has 117 heavy (non-hydrogen) atoms. The second-order valence-electron chi connectivity index (χ2n) is 23.8. The second-order valence-corrected chi connectivity index (χ2v) is 92.2. The van der Waals surface area contributed by atoms with Gasteiger partial charge in [-0.1, -0.05) is 83.1 Å². The first kappa shape index (κ1) is 121. The Morgan fingerprint density at radius 2 is 0.590 bits per heavy atom. The number of fused-ring (bicyclic) bond motifs is 10. The monoisotopic (exact) mass is 2500 g/mol. The van der Waals surface area contributed by atoms with Gasteiger partial charge in [0.25, 0.3) is 5.69 Å². The Kier molecular flexibility index (Phi) is 76.9. The van der Waals surface area contributed by atoms with Crippen LogP contribution in [0.4, 0.5) is 5.69 Å². The van der Waals surface area contributed by atoms with Gasteiger partial charge < -0.3 is 61.8 Å². The van der Waals surface area contributed by atoms with E-state index in [9.17, 15) is 28.7 Å². The smallest absolute Gasteiger partial charge is 0.390 e. The Balaban J connectivity index is 0.000000452. The van der Waals surface area contributed by atoms with Gasteiger partial charge in [0.2, 0.25) is 0 Å². The molecular weight excluding hydrogens is 2420 g/mol. The number of nitro groups is 1. The van der Waals surface area contributed by atoms with Crippen molar-refractivity contribution in [3.8, 4) is 11.8 Å². The maximum Gasteiger partial charge on any atom is 0.449 e. The van der Waals surface area contributed by atoms with Crippen LogP contribution in [0.1, 0.15) is 90.0 Å². The van der Waals surface area contributed by atoms with Crippen LogP contribution in [0.15, 0.2) is 24.3 Å². The lowest BCUT2D eigenvalue weighted by molar-refractivity contribution is -0.384. The highest BCUT2D eigenvalue weighted by atomic mass is 33.5. The van der Waals surface area contributed by atoms with Gasteiger partial charge >= 0.3 is 10.4 Å². The highest BCUT2D eigenvalue weighted by molar-refractivity contribution is 8.78. The van der Waals surface area contributed by atoms with Crippen molar-refractivity contribution in [2.75, 3.05) is 33.0 Å². The van der Waals surface area contributed by atoms with Crippen molar-refractivity contribution in [2.45, 2.75) is 170 Å². The predicted molar refractivity (Wildman–Crippen MR) is 593 cm³/mol. The average molecular weight is 2500 g/mol. The van der Waals surface area contributed by atoms with Crippen LogP contribution >= 0.6 is 0 Å². The molecule has 10 heterocycles. The van der Waals surface area contributed by atoms with Gasteiger partial charge in [-0.2, -0.15) is 13.7 Å². The fourth-order valence-corrected chi connectivity index (χ4v) is 94.1. The molecule has 1 aromatic carbocycles. The van der Waals surface area contributed by atoms with E-state index in [0.29, 0.717) is 79.4 Å². The van der Waals surface area contributed by atoms with Crippen LogP contribution in [0.3, 0.4) is 0 Å². The number of hydrogen-bond donors (Lipinski definition) is 2. The average Bonchev–Trinajstić information content (AvgIpc) is 1.69. The van der Waals surface area contributed by atoms with E-state index in [1.807, 2.05) is 27.7 Å². The molecule has 0 spiro atoms. The zero-order chi connectivity index (χ0) is 87.1. The van der Waals surface area contributed by atoms with Crippen LogP contribution in [0.2, 0.25) is 0 Å². The number of rotatable bonds is 5. The Labute approximate surface area is 833 Å². The molecule has 0 amide bonds. The summed E-state index contributed by atoms with van der Waals surface area (Å²) in [5.41, 5.74) is -0.172. The van der Waals surface area contributed by atoms with E-state index in [1.54, 1.807) is 272 Å². The molecule has 680 valence electrons. The second kappa shape index (κ2) is 74.7. The lowest BCUT2D eigenvalue weighted by atomic mass is 9.80. The van der Waals surface area contributed by atoms with E-state index in [-0.39, 0.29) is 72.8 Å². The van der Waals surface area contributed by atoms with Gasteiger partial charge in [0.1, 0.15) is 24.1 Å². The fraction of sp³-hybridized carbons (Fsp3) is 0.860. The highest BCUT2D eigenvalue weighted by Gasteiger charge is 2.51. The number of nitriles is 1. The quantitative estimate of drug-likeness (QED) is 0.250. The van der Waals surface area contributed by atoms with Crippen LogP contribution in [0, 0.1) is 92.5 Å². The minimum absolute atomic E-state index is 0.0665. The third-order valence-corrected chi connectivity index (χ3v) is 94.5. The molecule has 67 heteroatoms. The first-order valence-electron chi connectivity index (χ1n) is 32.4. The molecule has 10 saturated heterocycles. The first-order valence-corrected chi connectivity index (χ1v) is 89.7. The third-order valence-electron chi connectivity index (χ3n) is 18.1. The van der Waals surface area contributed by atoms with Crippen molar-refractivity contribution >= 4 is 443 Å². The zero-order valence-electron chi connectivity index (χ0n) is 62.3. The van der Waals surface area contributed by atoms with Crippen LogP contribution < -0.4 is 4.18 Å². The molecule has 10 aliphatic rings. The standard InChI is InChI=1S/C14H17NO8S.2C9H16O2.2C8H14O3.C2H3N.2S13.S12.S8/c1-8-9(2)13(14-20-7-12(8)21-14)23-24(18,19)22-11-5-3-10(4-6-11)15(16)17;2*1-5-6(2)8-4-10-9(11-8)7(5)3;1-4-5(2)8-10-3-6(11-8)7(4)9;1-4-5(2)7(9)8-10-3-6(4)11-8;1-2-3;2*1-3-5-7-9-11-13-12-10-8-6-4-2;1-3-5-7-9-11-12-10-8-6-4-2;1-3-5-7-8-6-4-2/h3-6,8-9,12-14H,7H2,1-2H3;2*5-9H,4H2,1-3H3;2*4-9H,3H2,1-2H3;1H3;;;;/t8-,9-,12?,13?,14+;2*5-,6-,7?,8?,9+;4-,5?,6?,7+,8-;4-,5-,6?,7?,8+;;;;;/m00010...../s1. The molecule has 0 aliphatic carbocycles. The summed E-state index contributed by atoms with van der Waals surface area (Å²) in [5.74, 6) is 5.09. The predicted octanol–water partition coefficient (Wildman–Crippen LogP) is 6.10. The summed E-state index contributed by atoms with van der Waals surface area (Å²) < 4.78 is 89.1. The number of ether oxygens (including phenoxy) is 10.